The van der Waals surface area contributed by atoms with Crippen molar-refractivity contribution in [2.45, 2.75) is 13.3 Å². The number of thiophene rings is 1. The van der Waals surface area contributed by atoms with E-state index in [0.717, 1.165) is 5.56 Å². The molecular weight excluding hydrogens is 290 g/mol. The van der Waals surface area contributed by atoms with Crippen LogP contribution >= 0.6 is 11.3 Å². The SMILES string of the molecule is CCc1ccsc1C(=O)N(CC(=O)O)c1ccc(O)cc1. The molecule has 6 heteroatoms. The Morgan fingerprint density at radius 1 is 1.19 bits per heavy atom. The van der Waals surface area contributed by atoms with E-state index in [1.165, 1.54) is 40.5 Å². The Kier molecular flexibility index (Phi) is 4.59. The summed E-state index contributed by atoms with van der Waals surface area (Å²) in [5.41, 5.74) is 1.34. The Bertz CT molecular complexity index is 648. The molecule has 1 aromatic heterocycles. The van der Waals surface area contributed by atoms with E-state index in [0.29, 0.717) is 17.0 Å². The number of rotatable bonds is 5. The summed E-state index contributed by atoms with van der Waals surface area (Å²) in [7, 11) is 0. The minimum Gasteiger partial charge on any atom is -0.508 e. The molecule has 2 rings (SSSR count). The van der Waals surface area contributed by atoms with E-state index >= 15 is 0 Å². The van der Waals surface area contributed by atoms with Crippen molar-refractivity contribution < 1.29 is 19.8 Å². The van der Waals surface area contributed by atoms with E-state index in [9.17, 15) is 14.7 Å². The molecule has 1 amide bonds. The first-order valence-electron chi connectivity index (χ1n) is 6.42. The normalized spacial score (nSPS) is 10.3. The van der Waals surface area contributed by atoms with E-state index in [2.05, 4.69) is 0 Å². The lowest BCUT2D eigenvalue weighted by molar-refractivity contribution is -0.135. The number of hydrogen-bond acceptors (Lipinski definition) is 4. The van der Waals surface area contributed by atoms with Gasteiger partial charge in [-0.3, -0.25) is 14.5 Å². The minimum absolute atomic E-state index is 0.0619. The summed E-state index contributed by atoms with van der Waals surface area (Å²) in [6.45, 7) is 1.52. The highest BCUT2D eigenvalue weighted by Gasteiger charge is 2.23. The van der Waals surface area contributed by atoms with Crippen molar-refractivity contribution in [2.24, 2.45) is 0 Å². The van der Waals surface area contributed by atoms with Crippen LogP contribution in [0.3, 0.4) is 0 Å². The van der Waals surface area contributed by atoms with Crippen molar-refractivity contribution in [2.75, 3.05) is 11.4 Å². The highest BCUT2D eigenvalue weighted by Crippen LogP contribution is 2.24. The molecule has 0 spiro atoms. The van der Waals surface area contributed by atoms with Gasteiger partial charge in [-0.1, -0.05) is 6.92 Å². The summed E-state index contributed by atoms with van der Waals surface area (Å²) in [5, 5.41) is 20.2. The van der Waals surface area contributed by atoms with Crippen molar-refractivity contribution in [3.8, 4) is 5.75 Å². The Labute approximate surface area is 126 Å². The molecule has 2 N–H and O–H groups in total. The van der Waals surface area contributed by atoms with Gasteiger partial charge in [0.2, 0.25) is 0 Å². The first-order valence-corrected chi connectivity index (χ1v) is 7.30. The lowest BCUT2D eigenvalue weighted by Gasteiger charge is -2.21. The first-order chi connectivity index (χ1) is 10.0. The molecule has 110 valence electrons. The van der Waals surface area contributed by atoms with Gasteiger partial charge in [-0.15, -0.1) is 11.3 Å². The molecule has 1 heterocycles. The monoisotopic (exact) mass is 305 g/mol. The molecule has 21 heavy (non-hydrogen) atoms. The zero-order chi connectivity index (χ0) is 15.4. The van der Waals surface area contributed by atoms with E-state index in [-0.39, 0.29) is 11.7 Å². The number of phenolic OH excluding ortho intramolecular Hbond substituents is 1. The number of carboxylic acid groups (broad SMARTS) is 1. The third-order valence-corrected chi connectivity index (χ3v) is 3.97. The number of carbonyl (C=O) groups excluding carboxylic acids is 1. The van der Waals surface area contributed by atoms with Crippen LogP contribution in [0.2, 0.25) is 0 Å². The molecular formula is C15H15NO4S. The van der Waals surface area contributed by atoms with Crippen LogP contribution in [0.4, 0.5) is 5.69 Å². The minimum atomic E-state index is -1.09. The predicted molar refractivity (Wildman–Crippen MR) is 81.1 cm³/mol. The number of amides is 1. The number of aromatic hydroxyl groups is 1. The van der Waals surface area contributed by atoms with Crippen LogP contribution in [0.1, 0.15) is 22.2 Å². The zero-order valence-electron chi connectivity index (χ0n) is 11.4. The Morgan fingerprint density at radius 2 is 1.86 bits per heavy atom. The summed E-state index contributed by atoms with van der Waals surface area (Å²) in [6.07, 6.45) is 0.709. The Hall–Kier alpha value is -2.34. The maximum absolute atomic E-state index is 12.6. The number of benzene rings is 1. The first kappa shape index (κ1) is 15.1. The molecule has 0 aliphatic carbocycles. The number of aryl methyl sites for hydroxylation is 1. The van der Waals surface area contributed by atoms with Gasteiger partial charge in [-0.2, -0.15) is 0 Å². The van der Waals surface area contributed by atoms with Gasteiger partial charge in [0.15, 0.2) is 0 Å². The van der Waals surface area contributed by atoms with Gasteiger partial charge in [-0.05, 0) is 47.7 Å². The second kappa shape index (κ2) is 6.41. The maximum Gasteiger partial charge on any atom is 0.323 e. The van der Waals surface area contributed by atoms with E-state index in [1.807, 2.05) is 18.4 Å². The lowest BCUT2D eigenvalue weighted by Crippen LogP contribution is -2.35. The predicted octanol–water partition coefficient (Wildman–Crippen LogP) is 2.75. The van der Waals surface area contributed by atoms with Gasteiger partial charge >= 0.3 is 5.97 Å². The summed E-state index contributed by atoms with van der Waals surface area (Å²) in [6, 6.07) is 7.76. The van der Waals surface area contributed by atoms with Crippen LogP contribution < -0.4 is 4.90 Å². The highest BCUT2D eigenvalue weighted by atomic mass is 32.1. The molecule has 0 saturated carbocycles. The third-order valence-electron chi connectivity index (χ3n) is 3.02. The van der Waals surface area contributed by atoms with Gasteiger partial charge in [-0.25, -0.2) is 0 Å². The standard InChI is InChI=1S/C15H15NO4S/c1-2-10-7-8-21-14(10)15(20)16(9-13(18)19)11-3-5-12(17)6-4-11/h3-8,17H,2,9H2,1H3,(H,18,19). The van der Waals surface area contributed by atoms with Crippen molar-refractivity contribution in [1.29, 1.82) is 0 Å². The second-order valence-corrected chi connectivity index (χ2v) is 5.35. The molecule has 0 fully saturated rings. The summed E-state index contributed by atoms with van der Waals surface area (Å²) in [4.78, 5) is 25.4. The van der Waals surface area contributed by atoms with Gasteiger partial charge in [0.1, 0.15) is 12.3 Å². The Morgan fingerprint density at radius 3 is 2.43 bits per heavy atom. The van der Waals surface area contributed by atoms with Crippen LogP contribution in [0.15, 0.2) is 35.7 Å². The maximum atomic E-state index is 12.6. The molecule has 0 aliphatic rings. The van der Waals surface area contributed by atoms with Crippen molar-refractivity contribution in [3.63, 3.8) is 0 Å². The number of aliphatic carboxylic acids is 1. The molecule has 0 radical (unpaired) electrons. The third kappa shape index (κ3) is 3.41. The fourth-order valence-corrected chi connectivity index (χ4v) is 2.92. The average molecular weight is 305 g/mol. The molecule has 1 aromatic carbocycles. The molecule has 0 bridgehead atoms. The van der Waals surface area contributed by atoms with Crippen LogP contribution in [0, 0.1) is 0 Å². The molecule has 0 atom stereocenters. The quantitative estimate of drug-likeness (QED) is 0.890. The fourth-order valence-electron chi connectivity index (χ4n) is 1.97. The van der Waals surface area contributed by atoms with Gasteiger partial charge in [0.25, 0.3) is 5.91 Å². The average Bonchev–Trinajstić information content (AvgIpc) is 2.93. The van der Waals surface area contributed by atoms with Crippen LogP contribution in [0.5, 0.6) is 5.75 Å². The topological polar surface area (TPSA) is 77.8 Å². The lowest BCUT2D eigenvalue weighted by atomic mass is 10.2. The van der Waals surface area contributed by atoms with E-state index in [1.54, 1.807) is 0 Å². The van der Waals surface area contributed by atoms with Crippen LogP contribution in [-0.2, 0) is 11.2 Å². The smallest absolute Gasteiger partial charge is 0.323 e. The van der Waals surface area contributed by atoms with Crippen molar-refractivity contribution >= 4 is 28.9 Å². The summed E-state index contributed by atoms with van der Waals surface area (Å²) >= 11 is 1.30. The number of carboxylic acids is 1. The molecule has 5 nitrogen and oxygen atoms in total. The van der Waals surface area contributed by atoms with Crippen LogP contribution in [-0.4, -0.2) is 28.6 Å². The van der Waals surface area contributed by atoms with Crippen molar-refractivity contribution in [3.05, 3.63) is 46.2 Å². The second-order valence-electron chi connectivity index (χ2n) is 4.43. The highest BCUT2D eigenvalue weighted by molar-refractivity contribution is 7.12. The largest absolute Gasteiger partial charge is 0.508 e. The fraction of sp³-hybridized carbons (Fsp3) is 0.200. The Balaban J connectivity index is 2.38. The van der Waals surface area contributed by atoms with Gasteiger partial charge in [0.05, 0.1) is 4.88 Å². The van der Waals surface area contributed by atoms with E-state index < -0.39 is 12.5 Å². The number of hydrogen-bond donors (Lipinski definition) is 2. The van der Waals surface area contributed by atoms with Crippen LogP contribution in [0.25, 0.3) is 0 Å². The summed E-state index contributed by atoms with van der Waals surface area (Å²) < 4.78 is 0. The number of carbonyl (C=O) groups is 2. The van der Waals surface area contributed by atoms with Gasteiger partial charge in [0, 0.05) is 5.69 Å². The van der Waals surface area contributed by atoms with Crippen molar-refractivity contribution in [1.82, 2.24) is 0 Å². The molecule has 0 aliphatic heterocycles. The number of phenols is 1. The molecule has 0 saturated heterocycles. The molecule has 2 aromatic rings. The number of anilines is 1. The van der Waals surface area contributed by atoms with Gasteiger partial charge < -0.3 is 10.2 Å². The van der Waals surface area contributed by atoms with E-state index in [4.69, 9.17) is 5.11 Å². The molecule has 0 unspecified atom stereocenters. The summed E-state index contributed by atoms with van der Waals surface area (Å²) in [5.74, 6) is -1.37. The zero-order valence-corrected chi connectivity index (χ0v) is 12.3. The number of nitrogens with zero attached hydrogens (tertiary/aromatic N) is 1.